The molecule has 1 aliphatic heterocycles. The summed E-state index contributed by atoms with van der Waals surface area (Å²) in [6.07, 6.45) is 2.05. The lowest BCUT2D eigenvalue weighted by Gasteiger charge is -2.35. The van der Waals surface area contributed by atoms with E-state index in [1.165, 1.54) is 8.61 Å². The number of nitrogens with one attached hydrogen (secondary N) is 1. The Kier molecular flexibility index (Phi) is 6.62. The highest BCUT2D eigenvalue weighted by Crippen LogP contribution is 2.23. The molecule has 0 unspecified atom stereocenters. The van der Waals surface area contributed by atoms with Crippen LogP contribution in [0.25, 0.3) is 10.9 Å². The van der Waals surface area contributed by atoms with E-state index in [4.69, 9.17) is 0 Å². The fourth-order valence-corrected chi connectivity index (χ4v) is 4.78. The maximum absolute atomic E-state index is 12.3. The van der Waals surface area contributed by atoms with Crippen molar-refractivity contribution in [3.63, 3.8) is 0 Å². The number of aromatic nitrogens is 1. The molecule has 0 bridgehead atoms. The normalized spacial score (nSPS) is 16.8. The van der Waals surface area contributed by atoms with Crippen molar-refractivity contribution in [2.45, 2.75) is 33.0 Å². The molecule has 0 radical (unpaired) electrons. The summed E-state index contributed by atoms with van der Waals surface area (Å²) in [5.41, 5.74) is 2.19. The fraction of sp³-hybridized carbons (Fsp3) is 0.550. The van der Waals surface area contributed by atoms with Gasteiger partial charge in [-0.3, -0.25) is 9.69 Å². The van der Waals surface area contributed by atoms with Gasteiger partial charge in [0.25, 0.3) is 10.2 Å². The average molecular weight is 422 g/mol. The van der Waals surface area contributed by atoms with Crippen LogP contribution < -0.4 is 5.32 Å². The number of fused-ring (bicyclic) bond motifs is 1. The second kappa shape index (κ2) is 8.83. The van der Waals surface area contributed by atoms with Crippen LogP contribution in [0.2, 0.25) is 0 Å². The van der Waals surface area contributed by atoms with Crippen LogP contribution in [0.5, 0.6) is 0 Å². The SMILES string of the molecule is CC(C)NC(=O)Cn1cc(CN2CCN(S(=O)(=O)N(C)C)CC2)c2ccccc21. The first-order valence-corrected chi connectivity index (χ1v) is 11.3. The maximum atomic E-state index is 12.3. The molecule has 160 valence electrons. The van der Waals surface area contributed by atoms with Crippen molar-refractivity contribution in [1.29, 1.82) is 0 Å². The molecule has 8 nitrogen and oxygen atoms in total. The Bertz CT molecular complexity index is 960. The number of rotatable bonds is 7. The number of hydrogen-bond donors (Lipinski definition) is 1. The van der Waals surface area contributed by atoms with E-state index in [1.807, 2.05) is 42.8 Å². The highest BCUT2D eigenvalue weighted by atomic mass is 32.2. The van der Waals surface area contributed by atoms with Crippen molar-refractivity contribution in [3.8, 4) is 0 Å². The number of amides is 1. The summed E-state index contributed by atoms with van der Waals surface area (Å²) in [7, 11) is -0.236. The summed E-state index contributed by atoms with van der Waals surface area (Å²) in [6.45, 7) is 7.25. The molecule has 0 saturated carbocycles. The average Bonchev–Trinajstić information content (AvgIpc) is 2.99. The number of benzene rings is 1. The summed E-state index contributed by atoms with van der Waals surface area (Å²) < 4.78 is 29.4. The molecule has 1 aromatic carbocycles. The van der Waals surface area contributed by atoms with E-state index >= 15 is 0 Å². The third-order valence-corrected chi connectivity index (χ3v) is 7.09. The van der Waals surface area contributed by atoms with Crippen molar-refractivity contribution in [1.82, 2.24) is 23.4 Å². The first-order valence-electron chi connectivity index (χ1n) is 9.94. The summed E-state index contributed by atoms with van der Waals surface area (Å²) >= 11 is 0. The maximum Gasteiger partial charge on any atom is 0.281 e. The third kappa shape index (κ3) is 4.98. The van der Waals surface area contributed by atoms with Crippen molar-refractivity contribution >= 4 is 27.0 Å². The van der Waals surface area contributed by atoms with Gasteiger partial charge in [0.2, 0.25) is 5.91 Å². The minimum atomic E-state index is -3.36. The van der Waals surface area contributed by atoms with Gasteiger partial charge >= 0.3 is 0 Å². The molecule has 2 aromatic rings. The third-order valence-electron chi connectivity index (χ3n) is 5.15. The highest BCUT2D eigenvalue weighted by Gasteiger charge is 2.28. The first kappa shape index (κ1) is 21.8. The van der Waals surface area contributed by atoms with Crippen LogP contribution in [0.15, 0.2) is 30.5 Å². The van der Waals surface area contributed by atoms with Crippen molar-refractivity contribution in [2.24, 2.45) is 0 Å². The largest absolute Gasteiger partial charge is 0.352 e. The van der Waals surface area contributed by atoms with Crippen LogP contribution >= 0.6 is 0 Å². The van der Waals surface area contributed by atoms with Crippen LogP contribution in [0.4, 0.5) is 0 Å². The molecule has 3 rings (SSSR count). The van der Waals surface area contributed by atoms with Gasteiger partial charge in [0.1, 0.15) is 6.54 Å². The molecule has 1 aliphatic rings. The minimum absolute atomic E-state index is 0.00481. The van der Waals surface area contributed by atoms with E-state index < -0.39 is 10.2 Å². The zero-order valence-electron chi connectivity index (χ0n) is 17.6. The Hall–Kier alpha value is -1.94. The molecular formula is C20H31N5O3S. The molecule has 1 saturated heterocycles. The molecule has 0 atom stereocenters. The van der Waals surface area contributed by atoms with Gasteiger partial charge in [0, 0.05) is 70.0 Å². The summed E-state index contributed by atoms with van der Waals surface area (Å²) in [5, 5.41) is 4.07. The molecule has 1 aromatic heterocycles. The quantitative estimate of drug-likeness (QED) is 0.726. The molecule has 2 heterocycles. The fourth-order valence-electron chi connectivity index (χ4n) is 3.69. The van der Waals surface area contributed by atoms with Gasteiger partial charge in [-0.05, 0) is 25.5 Å². The van der Waals surface area contributed by atoms with Crippen molar-refractivity contribution in [2.75, 3.05) is 40.3 Å². The zero-order valence-corrected chi connectivity index (χ0v) is 18.4. The van der Waals surface area contributed by atoms with Gasteiger partial charge in [0.15, 0.2) is 0 Å². The number of carbonyl (C=O) groups is 1. The van der Waals surface area contributed by atoms with Gasteiger partial charge < -0.3 is 9.88 Å². The minimum Gasteiger partial charge on any atom is -0.352 e. The Balaban J connectivity index is 1.72. The first-order chi connectivity index (χ1) is 13.7. The summed E-state index contributed by atoms with van der Waals surface area (Å²) in [4.78, 5) is 14.5. The van der Waals surface area contributed by atoms with Crippen LogP contribution in [0.1, 0.15) is 19.4 Å². The lowest BCUT2D eigenvalue weighted by molar-refractivity contribution is -0.122. The van der Waals surface area contributed by atoms with Crippen LogP contribution in [0.3, 0.4) is 0 Å². The van der Waals surface area contributed by atoms with Gasteiger partial charge in [-0.15, -0.1) is 0 Å². The van der Waals surface area contributed by atoms with E-state index in [-0.39, 0.29) is 18.5 Å². The Morgan fingerprint density at radius 3 is 2.41 bits per heavy atom. The molecule has 9 heteroatoms. The number of carbonyl (C=O) groups excluding carboxylic acids is 1. The number of nitrogens with zero attached hydrogens (tertiary/aromatic N) is 4. The molecule has 0 spiro atoms. The molecule has 1 N–H and O–H groups in total. The molecule has 1 amide bonds. The lowest BCUT2D eigenvalue weighted by atomic mass is 10.1. The van der Waals surface area contributed by atoms with E-state index in [1.54, 1.807) is 14.1 Å². The molecule has 29 heavy (non-hydrogen) atoms. The predicted molar refractivity (Wildman–Crippen MR) is 115 cm³/mol. The van der Waals surface area contributed by atoms with Crippen LogP contribution in [-0.2, 0) is 28.1 Å². The topological polar surface area (TPSA) is 77.9 Å². The van der Waals surface area contributed by atoms with Gasteiger partial charge in [-0.2, -0.15) is 17.0 Å². The van der Waals surface area contributed by atoms with Crippen LogP contribution in [-0.4, -0.2) is 78.7 Å². The predicted octanol–water partition coefficient (Wildman–Crippen LogP) is 1.09. The Labute approximate surface area is 173 Å². The van der Waals surface area contributed by atoms with E-state index in [0.29, 0.717) is 26.2 Å². The highest BCUT2D eigenvalue weighted by molar-refractivity contribution is 7.86. The zero-order chi connectivity index (χ0) is 21.2. The summed E-state index contributed by atoms with van der Waals surface area (Å²) in [6, 6.07) is 8.20. The van der Waals surface area contributed by atoms with Crippen molar-refractivity contribution in [3.05, 3.63) is 36.0 Å². The van der Waals surface area contributed by atoms with Gasteiger partial charge in [-0.1, -0.05) is 18.2 Å². The van der Waals surface area contributed by atoms with E-state index in [9.17, 15) is 13.2 Å². The van der Waals surface area contributed by atoms with Crippen molar-refractivity contribution < 1.29 is 13.2 Å². The standard InChI is InChI=1S/C20H31N5O3S/c1-16(2)21-20(26)15-24-14-17(18-7-5-6-8-19(18)24)13-23-9-11-25(12-10-23)29(27,28)22(3)4/h5-8,14,16H,9-13,15H2,1-4H3,(H,21,26). The smallest absolute Gasteiger partial charge is 0.281 e. The Morgan fingerprint density at radius 2 is 1.79 bits per heavy atom. The lowest BCUT2D eigenvalue weighted by Crippen LogP contribution is -2.51. The number of para-hydroxylation sites is 1. The number of hydrogen-bond acceptors (Lipinski definition) is 4. The monoisotopic (exact) mass is 421 g/mol. The molecular weight excluding hydrogens is 390 g/mol. The Morgan fingerprint density at radius 1 is 1.14 bits per heavy atom. The summed E-state index contributed by atoms with van der Waals surface area (Å²) in [5.74, 6) is -0.00481. The number of piperazine rings is 1. The second-order valence-electron chi connectivity index (χ2n) is 7.99. The molecule has 1 fully saturated rings. The molecule has 0 aliphatic carbocycles. The van der Waals surface area contributed by atoms with E-state index in [2.05, 4.69) is 16.3 Å². The van der Waals surface area contributed by atoms with Gasteiger partial charge in [0.05, 0.1) is 0 Å². The van der Waals surface area contributed by atoms with E-state index in [0.717, 1.165) is 23.0 Å². The van der Waals surface area contributed by atoms with Crippen LogP contribution in [0, 0.1) is 0 Å². The second-order valence-corrected chi connectivity index (χ2v) is 10.1. The van der Waals surface area contributed by atoms with Gasteiger partial charge in [-0.25, -0.2) is 0 Å².